The van der Waals surface area contributed by atoms with Gasteiger partial charge in [0.05, 0.1) is 22.5 Å². The number of nitrogens with one attached hydrogen (secondary N) is 2. The number of H-pyrrole nitrogens is 1. The van der Waals surface area contributed by atoms with Gasteiger partial charge in [-0.05, 0) is 55.0 Å². The van der Waals surface area contributed by atoms with E-state index in [-0.39, 0.29) is 28.7 Å². The zero-order valence-corrected chi connectivity index (χ0v) is 19.4. The van der Waals surface area contributed by atoms with Crippen molar-refractivity contribution in [3.63, 3.8) is 0 Å². The van der Waals surface area contributed by atoms with Crippen molar-refractivity contribution in [3.8, 4) is 22.4 Å². The van der Waals surface area contributed by atoms with Crippen molar-refractivity contribution < 1.29 is 13.6 Å². The van der Waals surface area contributed by atoms with E-state index >= 15 is 0 Å². The first kappa shape index (κ1) is 23.1. The third-order valence-corrected chi connectivity index (χ3v) is 6.12. The highest BCUT2D eigenvalue weighted by molar-refractivity contribution is 6.03. The van der Waals surface area contributed by atoms with Gasteiger partial charge in [0, 0.05) is 42.3 Å². The van der Waals surface area contributed by atoms with E-state index in [2.05, 4.69) is 20.3 Å². The first-order valence-electron chi connectivity index (χ1n) is 11.2. The summed E-state index contributed by atoms with van der Waals surface area (Å²) < 4.78 is 29.5. The molecule has 4 aromatic heterocycles. The Morgan fingerprint density at radius 1 is 1.06 bits per heavy atom. The molecule has 9 heteroatoms. The number of hydrogen-bond acceptors (Lipinski definition) is 4. The number of fused-ring (bicyclic) bond motifs is 1. The molecule has 5 aromatic rings. The molecule has 0 aliphatic heterocycles. The molecule has 1 aromatic carbocycles. The largest absolute Gasteiger partial charge is 0.354 e. The molecule has 2 N–H and O–H groups in total. The van der Waals surface area contributed by atoms with Crippen LogP contribution in [0.15, 0.2) is 78.0 Å². The predicted molar refractivity (Wildman–Crippen MR) is 133 cm³/mol. The second-order valence-corrected chi connectivity index (χ2v) is 8.43. The molecule has 5 rings (SSSR count). The molecular weight excluding hydrogens is 464 g/mol. The van der Waals surface area contributed by atoms with Crippen molar-refractivity contribution >= 4 is 22.6 Å². The molecular formula is C27H21F2N5O2. The molecule has 0 saturated carbocycles. The van der Waals surface area contributed by atoms with E-state index in [9.17, 15) is 18.4 Å². The van der Waals surface area contributed by atoms with Gasteiger partial charge < -0.3 is 14.9 Å². The average Bonchev–Trinajstić information content (AvgIpc) is 3.27. The summed E-state index contributed by atoms with van der Waals surface area (Å²) >= 11 is 0. The van der Waals surface area contributed by atoms with E-state index in [1.54, 1.807) is 62.6 Å². The molecule has 0 bridgehead atoms. The van der Waals surface area contributed by atoms with Crippen LogP contribution in [-0.2, 0) is 11.8 Å². The number of hydrogen-bond donors (Lipinski definition) is 2. The van der Waals surface area contributed by atoms with Gasteiger partial charge in [-0.2, -0.15) is 4.39 Å². The SMILES string of the molecule is CC(C(=O)Nc1cc(-c2[nH]c3ccn(C)c(=O)c3c2-c2cccnc2F)ccn1)c1ccc(F)cc1. The van der Waals surface area contributed by atoms with Crippen molar-refractivity contribution in [2.45, 2.75) is 12.8 Å². The molecule has 1 unspecified atom stereocenters. The standard InChI is InChI=1S/C27H21F2N5O2/c1-15(16-5-7-18(28)8-6-16)26(35)33-21-14-17(9-12-30-21)24-22(19-4-3-11-31-25(19)29)23-20(32-24)10-13-34(2)27(23)36/h3-15,32H,1-2H3,(H,30,33,35). The Hall–Kier alpha value is -4.66. The summed E-state index contributed by atoms with van der Waals surface area (Å²) in [6.45, 7) is 1.71. The number of carbonyl (C=O) groups is 1. The third-order valence-electron chi connectivity index (χ3n) is 6.12. The Bertz CT molecular complexity index is 1660. The molecule has 1 amide bonds. The van der Waals surface area contributed by atoms with Crippen molar-refractivity contribution in [1.29, 1.82) is 0 Å². The predicted octanol–water partition coefficient (Wildman–Crippen LogP) is 5.01. The third kappa shape index (κ3) is 4.15. The zero-order chi connectivity index (χ0) is 25.4. The van der Waals surface area contributed by atoms with Crippen LogP contribution >= 0.6 is 0 Å². The van der Waals surface area contributed by atoms with Gasteiger partial charge in [0.25, 0.3) is 5.56 Å². The second-order valence-electron chi connectivity index (χ2n) is 8.43. The van der Waals surface area contributed by atoms with E-state index in [1.165, 1.54) is 29.1 Å². The summed E-state index contributed by atoms with van der Waals surface area (Å²) in [5, 5.41) is 3.11. The molecule has 0 aliphatic rings. The van der Waals surface area contributed by atoms with Crippen LogP contribution in [0.1, 0.15) is 18.4 Å². The number of nitrogens with zero attached hydrogens (tertiary/aromatic N) is 3. The topological polar surface area (TPSA) is 92.7 Å². The number of pyridine rings is 3. The Kier molecular flexibility index (Phi) is 5.89. The summed E-state index contributed by atoms with van der Waals surface area (Å²) in [6.07, 6.45) is 4.48. The lowest BCUT2D eigenvalue weighted by Gasteiger charge is -2.13. The van der Waals surface area contributed by atoms with E-state index < -0.39 is 11.9 Å². The number of rotatable bonds is 5. The number of aromatic amines is 1. The van der Waals surface area contributed by atoms with E-state index in [0.717, 1.165) is 0 Å². The molecule has 0 spiro atoms. The van der Waals surface area contributed by atoms with Gasteiger partial charge in [-0.3, -0.25) is 9.59 Å². The molecule has 7 nitrogen and oxygen atoms in total. The number of halogens is 2. The summed E-state index contributed by atoms with van der Waals surface area (Å²) in [4.78, 5) is 37.1. The maximum absolute atomic E-state index is 14.8. The number of aromatic nitrogens is 4. The number of aryl methyl sites for hydroxylation is 1. The summed E-state index contributed by atoms with van der Waals surface area (Å²) in [6, 6.07) is 14.0. The molecule has 1 atom stereocenters. The maximum Gasteiger partial charge on any atom is 0.260 e. The van der Waals surface area contributed by atoms with Crippen molar-refractivity contribution in [3.05, 3.63) is 101 Å². The molecule has 0 radical (unpaired) electrons. The number of benzene rings is 1. The van der Waals surface area contributed by atoms with Crippen LogP contribution in [-0.4, -0.2) is 25.4 Å². The van der Waals surface area contributed by atoms with Crippen molar-refractivity contribution in [2.24, 2.45) is 7.05 Å². The molecule has 180 valence electrons. The van der Waals surface area contributed by atoms with Crippen LogP contribution < -0.4 is 10.9 Å². The first-order chi connectivity index (χ1) is 17.3. The fraction of sp³-hybridized carbons (Fsp3) is 0.111. The van der Waals surface area contributed by atoms with Crippen molar-refractivity contribution in [1.82, 2.24) is 19.5 Å². The lowest BCUT2D eigenvalue weighted by Crippen LogP contribution is -2.19. The molecule has 4 heterocycles. The van der Waals surface area contributed by atoms with E-state index in [0.29, 0.717) is 33.3 Å². The van der Waals surface area contributed by atoms with Crippen LogP contribution in [0.2, 0.25) is 0 Å². The van der Waals surface area contributed by atoms with E-state index in [1.807, 2.05) is 0 Å². The lowest BCUT2D eigenvalue weighted by atomic mass is 9.99. The normalized spacial score (nSPS) is 12.0. The van der Waals surface area contributed by atoms with Gasteiger partial charge in [-0.1, -0.05) is 12.1 Å². The fourth-order valence-electron chi connectivity index (χ4n) is 4.15. The Balaban J connectivity index is 1.58. The zero-order valence-electron chi connectivity index (χ0n) is 19.4. The monoisotopic (exact) mass is 485 g/mol. The van der Waals surface area contributed by atoms with Gasteiger partial charge in [-0.15, -0.1) is 0 Å². The maximum atomic E-state index is 14.8. The lowest BCUT2D eigenvalue weighted by molar-refractivity contribution is -0.117. The molecule has 0 saturated heterocycles. The van der Waals surface area contributed by atoms with Gasteiger partial charge in [0.2, 0.25) is 11.9 Å². The minimum Gasteiger partial charge on any atom is -0.354 e. The van der Waals surface area contributed by atoms with Gasteiger partial charge in [0.1, 0.15) is 11.6 Å². The quantitative estimate of drug-likeness (QED) is 0.342. The number of anilines is 1. The number of amides is 1. The van der Waals surface area contributed by atoms with Crippen LogP contribution in [0, 0.1) is 11.8 Å². The van der Waals surface area contributed by atoms with E-state index in [4.69, 9.17) is 0 Å². The minimum atomic E-state index is -0.707. The highest BCUT2D eigenvalue weighted by Crippen LogP contribution is 2.38. The van der Waals surface area contributed by atoms with Gasteiger partial charge in [-0.25, -0.2) is 14.4 Å². The van der Waals surface area contributed by atoms with Crippen molar-refractivity contribution in [2.75, 3.05) is 5.32 Å². The highest BCUT2D eigenvalue weighted by Gasteiger charge is 2.22. The Morgan fingerprint density at radius 3 is 2.58 bits per heavy atom. The minimum absolute atomic E-state index is 0.175. The van der Waals surface area contributed by atoms with Crippen LogP contribution in [0.3, 0.4) is 0 Å². The molecule has 36 heavy (non-hydrogen) atoms. The van der Waals surface area contributed by atoms with Gasteiger partial charge >= 0.3 is 0 Å². The fourth-order valence-corrected chi connectivity index (χ4v) is 4.15. The average molecular weight is 485 g/mol. The molecule has 0 fully saturated rings. The summed E-state index contributed by atoms with van der Waals surface area (Å²) in [5.74, 6) is -1.69. The van der Waals surface area contributed by atoms with Gasteiger partial charge in [0.15, 0.2) is 0 Å². The van der Waals surface area contributed by atoms with Crippen LogP contribution in [0.4, 0.5) is 14.6 Å². The first-order valence-corrected chi connectivity index (χ1v) is 11.2. The van der Waals surface area contributed by atoms with Crippen LogP contribution in [0.5, 0.6) is 0 Å². The smallest absolute Gasteiger partial charge is 0.260 e. The molecule has 0 aliphatic carbocycles. The highest BCUT2D eigenvalue weighted by atomic mass is 19.1. The number of carbonyl (C=O) groups excluding carboxylic acids is 1. The second kappa shape index (κ2) is 9.18. The summed E-state index contributed by atoms with van der Waals surface area (Å²) in [5.41, 5.74) is 2.54. The Labute approximate surface area is 204 Å². The summed E-state index contributed by atoms with van der Waals surface area (Å²) in [7, 11) is 1.63. The Morgan fingerprint density at radius 2 is 1.83 bits per heavy atom. The van der Waals surface area contributed by atoms with Crippen LogP contribution in [0.25, 0.3) is 33.3 Å².